The van der Waals surface area contributed by atoms with E-state index in [0.29, 0.717) is 22.3 Å². The van der Waals surface area contributed by atoms with Gasteiger partial charge >= 0.3 is 0 Å². The van der Waals surface area contributed by atoms with Crippen LogP contribution in [0.2, 0.25) is 0 Å². The minimum absolute atomic E-state index is 0.145. The fourth-order valence-corrected chi connectivity index (χ4v) is 5.54. The van der Waals surface area contributed by atoms with Crippen LogP contribution in [0.3, 0.4) is 0 Å². The number of nitrogens with zero attached hydrogens (tertiary/aromatic N) is 3. The molecule has 2 aromatic heterocycles. The summed E-state index contributed by atoms with van der Waals surface area (Å²) >= 11 is 1.25. The lowest BCUT2D eigenvalue weighted by atomic mass is 10.0. The van der Waals surface area contributed by atoms with Crippen LogP contribution in [-0.2, 0) is 10.0 Å². The Morgan fingerprint density at radius 3 is 2.37 bits per heavy atom. The van der Waals surface area contributed by atoms with Crippen molar-refractivity contribution in [2.45, 2.75) is 24.7 Å². The summed E-state index contributed by atoms with van der Waals surface area (Å²) in [5.41, 5.74) is 2.54. The molecule has 0 saturated carbocycles. The Hall–Kier alpha value is -2.97. The molecule has 4 aromatic rings. The molecule has 2 heterocycles. The summed E-state index contributed by atoms with van der Waals surface area (Å²) in [5.74, 6) is 0.978. The van der Waals surface area contributed by atoms with Crippen molar-refractivity contribution in [3.05, 3.63) is 71.6 Å². The van der Waals surface area contributed by atoms with E-state index in [2.05, 4.69) is 24.0 Å². The summed E-state index contributed by atoms with van der Waals surface area (Å²) in [6.45, 7) is 4.20. The molecule has 0 unspecified atom stereocenters. The normalized spacial score (nSPS) is 11.7. The van der Waals surface area contributed by atoms with Gasteiger partial charge in [0.25, 0.3) is 15.9 Å². The molecule has 8 heteroatoms. The lowest BCUT2D eigenvalue weighted by Crippen LogP contribution is -2.26. The maximum atomic E-state index is 13.3. The van der Waals surface area contributed by atoms with Crippen molar-refractivity contribution >= 4 is 27.0 Å². The lowest BCUT2D eigenvalue weighted by Gasteiger charge is -2.20. The van der Waals surface area contributed by atoms with Gasteiger partial charge in [-0.1, -0.05) is 61.5 Å². The summed E-state index contributed by atoms with van der Waals surface area (Å²) in [6.07, 6.45) is 0. The molecule has 0 N–H and O–H groups in total. The quantitative estimate of drug-likeness (QED) is 0.401. The van der Waals surface area contributed by atoms with Crippen molar-refractivity contribution < 1.29 is 12.9 Å². The Morgan fingerprint density at radius 1 is 1.00 bits per heavy atom. The summed E-state index contributed by atoms with van der Waals surface area (Å²) in [4.78, 5) is 4.98. The number of thiophene rings is 1. The van der Waals surface area contributed by atoms with Gasteiger partial charge in [-0.25, -0.2) is 8.42 Å². The topological polar surface area (TPSA) is 76.3 Å². The van der Waals surface area contributed by atoms with Crippen LogP contribution in [0.4, 0.5) is 5.69 Å². The number of benzene rings is 2. The second-order valence-corrected chi connectivity index (χ2v) is 9.98. The minimum atomic E-state index is -3.80. The van der Waals surface area contributed by atoms with Crippen LogP contribution in [0.1, 0.15) is 25.3 Å². The average Bonchev–Trinajstić information content (AvgIpc) is 3.43. The smallest absolute Gasteiger partial charge is 0.269 e. The molecule has 0 spiro atoms. The zero-order chi connectivity index (χ0) is 21.3. The standard InChI is InChI=1S/C22H21N3O3S2/c1-15(2)16-9-11-18(12-10-16)25(3)30(26,27)19-13-14-29-20(19)22-23-21(24-28-22)17-7-5-4-6-8-17/h4-15H,1-3H3. The Balaban J connectivity index is 1.67. The van der Waals surface area contributed by atoms with Gasteiger partial charge < -0.3 is 4.52 Å². The molecule has 0 bridgehead atoms. The van der Waals surface area contributed by atoms with Crippen LogP contribution in [-0.4, -0.2) is 25.6 Å². The summed E-state index contributed by atoms with van der Waals surface area (Å²) in [6, 6.07) is 18.5. The maximum absolute atomic E-state index is 13.3. The number of rotatable bonds is 6. The van der Waals surface area contributed by atoms with Crippen LogP contribution in [0, 0.1) is 0 Å². The minimum Gasteiger partial charge on any atom is -0.333 e. The van der Waals surface area contributed by atoms with Crippen molar-refractivity contribution in [2.75, 3.05) is 11.4 Å². The Labute approximate surface area is 179 Å². The van der Waals surface area contributed by atoms with Crippen LogP contribution in [0.25, 0.3) is 22.2 Å². The first kappa shape index (κ1) is 20.3. The van der Waals surface area contributed by atoms with E-state index in [-0.39, 0.29) is 10.8 Å². The first-order valence-corrected chi connectivity index (χ1v) is 11.8. The van der Waals surface area contributed by atoms with Crippen molar-refractivity contribution in [3.8, 4) is 22.2 Å². The number of hydrogen-bond donors (Lipinski definition) is 0. The third-order valence-electron chi connectivity index (χ3n) is 4.84. The van der Waals surface area contributed by atoms with Crippen molar-refractivity contribution in [1.29, 1.82) is 0 Å². The molecule has 154 valence electrons. The van der Waals surface area contributed by atoms with Gasteiger partial charge in [0.2, 0.25) is 5.82 Å². The SMILES string of the molecule is CC(C)c1ccc(N(C)S(=O)(=O)c2ccsc2-c2nc(-c3ccccc3)no2)cc1. The second-order valence-electron chi connectivity index (χ2n) is 7.12. The Kier molecular flexibility index (Phi) is 5.44. The maximum Gasteiger partial charge on any atom is 0.269 e. The molecule has 0 aliphatic carbocycles. The van der Waals surface area contributed by atoms with E-state index in [9.17, 15) is 8.42 Å². The van der Waals surface area contributed by atoms with Gasteiger partial charge in [0.15, 0.2) is 0 Å². The monoisotopic (exact) mass is 439 g/mol. The van der Waals surface area contributed by atoms with Gasteiger partial charge in [-0.3, -0.25) is 4.31 Å². The predicted molar refractivity (Wildman–Crippen MR) is 119 cm³/mol. The molecule has 0 fully saturated rings. The first-order chi connectivity index (χ1) is 14.4. The summed E-state index contributed by atoms with van der Waals surface area (Å²) in [5, 5.41) is 5.72. The number of hydrogen-bond acceptors (Lipinski definition) is 6. The highest BCUT2D eigenvalue weighted by molar-refractivity contribution is 7.93. The predicted octanol–water partition coefficient (Wildman–Crippen LogP) is 5.41. The summed E-state index contributed by atoms with van der Waals surface area (Å²) < 4.78 is 33.3. The van der Waals surface area contributed by atoms with E-state index in [1.807, 2.05) is 54.6 Å². The van der Waals surface area contributed by atoms with Gasteiger partial charge in [-0.05, 0) is 35.1 Å². The van der Waals surface area contributed by atoms with E-state index < -0.39 is 10.0 Å². The molecule has 0 atom stereocenters. The third kappa shape index (κ3) is 3.76. The van der Waals surface area contributed by atoms with Crippen molar-refractivity contribution in [1.82, 2.24) is 10.1 Å². The van der Waals surface area contributed by atoms with Crippen LogP contribution >= 0.6 is 11.3 Å². The fraction of sp³-hybridized carbons (Fsp3) is 0.182. The highest BCUT2D eigenvalue weighted by Crippen LogP contribution is 2.35. The van der Waals surface area contributed by atoms with Crippen molar-refractivity contribution in [2.24, 2.45) is 0 Å². The first-order valence-electron chi connectivity index (χ1n) is 9.44. The molecule has 0 saturated heterocycles. The second kappa shape index (κ2) is 8.04. The summed E-state index contributed by atoms with van der Waals surface area (Å²) in [7, 11) is -2.25. The molecule has 0 aliphatic rings. The van der Waals surface area contributed by atoms with Gasteiger partial charge in [0, 0.05) is 12.6 Å². The van der Waals surface area contributed by atoms with Crippen LogP contribution < -0.4 is 4.31 Å². The number of sulfonamides is 1. The molecular weight excluding hydrogens is 418 g/mol. The van der Waals surface area contributed by atoms with Gasteiger partial charge in [-0.2, -0.15) is 4.98 Å². The Bertz CT molecular complexity index is 1240. The largest absolute Gasteiger partial charge is 0.333 e. The highest BCUT2D eigenvalue weighted by atomic mass is 32.2. The average molecular weight is 440 g/mol. The van der Waals surface area contributed by atoms with E-state index in [1.165, 1.54) is 15.6 Å². The molecule has 4 rings (SSSR count). The van der Waals surface area contributed by atoms with Crippen molar-refractivity contribution in [3.63, 3.8) is 0 Å². The fourth-order valence-electron chi connectivity index (χ4n) is 3.03. The van der Waals surface area contributed by atoms with Crippen LogP contribution in [0.15, 0.2) is 75.5 Å². The molecule has 0 aliphatic heterocycles. The number of aromatic nitrogens is 2. The zero-order valence-corrected chi connectivity index (χ0v) is 18.4. The molecule has 30 heavy (non-hydrogen) atoms. The molecule has 0 radical (unpaired) electrons. The molecular formula is C22H21N3O3S2. The zero-order valence-electron chi connectivity index (χ0n) is 16.8. The third-order valence-corrected chi connectivity index (χ3v) is 7.70. The van der Waals surface area contributed by atoms with Gasteiger partial charge in [0.1, 0.15) is 9.77 Å². The van der Waals surface area contributed by atoms with E-state index >= 15 is 0 Å². The number of anilines is 1. The highest BCUT2D eigenvalue weighted by Gasteiger charge is 2.28. The molecule has 6 nitrogen and oxygen atoms in total. The Morgan fingerprint density at radius 2 is 1.70 bits per heavy atom. The van der Waals surface area contributed by atoms with Crippen LogP contribution in [0.5, 0.6) is 0 Å². The van der Waals surface area contributed by atoms with E-state index in [4.69, 9.17) is 4.52 Å². The van der Waals surface area contributed by atoms with Gasteiger partial charge in [-0.15, -0.1) is 11.3 Å². The van der Waals surface area contributed by atoms with E-state index in [0.717, 1.165) is 11.1 Å². The lowest BCUT2D eigenvalue weighted by molar-refractivity contribution is 0.432. The molecule has 2 aromatic carbocycles. The van der Waals surface area contributed by atoms with Gasteiger partial charge in [0.05, 0.1) is 5.69 Å². The van der Waals surface area contributed by atoms with E-state index in [1.54, 1.807) is 18.5 Å². The molecule has 0 amide bonds.